The van der Waals surface area contributed by atoms with E-state index >= 15 is 0 Å². The quantitative estimate of drug-likeness (QED) is 0.850. The first-order chi connectivity index (χ1) is 10.0. The van der Waals surface area contributed by atoms with Crippen LogP contribution in [0.25, 0.3) is 0 Å². The van der Waals surface area contributed by atoms with Crippen molar-refractivity contribution in [1.82, 2.24) is 15.2 Å². The monoisotopic (exact) mass is 290 g/mol. The van der Waals surface area contributed by atoms with Crippen LogP contribution in [0, 0.1) is 5.92 Å². The summed E-state index contributed by atoms with van der Waals surface area (Å²) < 4.78 is 10.5. The largest absolute Gasteiger partial charge is 0.493 e. The van der Waals surface area contributed by atoms with E-state index in [2.05, 4.69) is 29.0 Å². The number of benzene rings is 1. The molecule has 0 aliphatic rings. The minimum atomic E-state index is -0.401. The van der Waals surface area contributed by atoms with Gasteiger partial charge in [0, 0.05) is 6.42 Å². The van der Waals surface area contributed by atoms with E-state index in [0.29, 0.717) is 23.2 Å². The van der Waals surface area contributed by atoms with Crippen LogP contribution < -0.4 is 15.2 Å². The van der Waals surface area contributed by atoms with Crippen LogP contribution in [-0.4, -0.2) is 29.4 Å². The number of rotatable bonds is 6. The fourth-order valence-electron chi connectivity index (χ4n) is 2.12. The van der Waals surface area contributed by atoms with Crippen LogP contribution in [-0.2, 0) is 6.42 Å². The van der Waals surface area contributed by atoms with E-state index < -0.39 is 6.04 Å². The van der Waals surface area contributed by atoms with Crippen molar-refractivity contribution in [3.63, 3.8) is 0 Å². The van der Waals surface area contributed by atoms with Crippen LogP contribution in [0.3, 0.4) is 0 Å². The molecule has 6 heteroatoms. The van der Waals surface area contributed by atoms with Gasteiger partial charge < -0.3 is 15.2 Å². The first-order valence-corrected chi connectivity index (χ1v) is 6.93. The molecule has 0 saturated carbocycles. The topological polar surface area (TPSA) is 86.0 Å². The first-order valence-electron chi connectivity index (χ1n) is 6.93. The van der Waals surface area contributed by atoms with Gasteiger partial charge in [0.2, 0.25) is 0 Å². The molecule has 0 spiro atoms. The molecular formula is C15H22N4O2. The summed E-state index contributed by atoms with van der Waals surface area (Å²) in [4.78, 5) is 4.46. The van der Waals surface area contributed by atoms with E-state index in [-0.39, 0.29) is 0 Å². The summed E-state index contributed by atoms with van der Waals surface area (Å²) >= 11 is 0. The highest BCUT2D eigenvalue weighted by atomic mass is 16.5. The lowest BCUT2D eigenvalue weighted by atomic mass is 10.1. The van der Waals surface area contributed by atoms with Crippen molar-refractivity contribution >= 4 is 0 Å². The minimum absolute atomic E-state index is 0.401. The molecule has 0 bridgehead atoms. The zero-order valence-electron chi connectivity index (χ0n) is 12.9. The van der Waals surface area contributed by atoms with E-state index in [1.165, 1.54) is 0 Å². The van der Waals surface area contributed by atoms with E-state index in [1.54, 1.807) is 14.2 Å². The zero-order chi connectivity index (χ0) is 15.4. The molecule has 3 N–H and O–H groups in total. The van der Waals surface area contributed by atoms with Crippen molar-refractivity contribution in [1.29, 1.82) is 0 Å². The molecule has 1 atom stereocenters. The molecular weight excluding hydrogens is 268 g/mol. The molecule has 0 radical (unpaired) electrons. The van der Waals surface area contributed by atoms with Gasteiger partial charge in [0.15, 0.2) is 17.3 Å². The highest BCUT2D eigenvalue weighted by molar-refractivity contribution is 5.44. The molecule has 0 aliphatic carbocycles. The minimum Gasteiger partial charge on any atom is -0.493 e. The van der Waals surface area contributed by atoms with Gasteiger partial charge in [-0.3, -0.25) is 5.10 Å². The summed E-state index contributed by atoms with van der Waals surface area (Å²) in [5, 5.41) is 7.15. The molecule has 1 aromatic carbocycles. The molecule has 6 nitrogen and oxygen atoms in total. The predicted octanol–water partition coefficient (Wildman–Crippen LogP) is 2.07. The number of aromatic amines is 1. The zero-order valence-corrected chi connectivity index (χ0v) is 12.9. The molecule has 2 rings (SSSR count). The molecule has 0 fully saturated rings. The molecule has 21 heavy (non-hydrogen) atoms. The Kier molecular flexibility index (Phi) is 4.80. The van der Waals surface area contributed by atoms with E-state index in [9.17, 15) is 0 Å². The van der Waals surface area contributed by atoms with Crippen LogP contribution in [0.4, 0.5) is 0 Å². The fraction of sp³-hybridized carbons (Fsp3) is 0.467. The second kappa shape index (κ2) is 6.58. The smallest absolute Gasteiger partial charge is 0.171 e. The lowest BCUT2D eigenvalue weighted by Crippen LogP contribution is -2.14. The third kappa shape index (κ3) is 3.52. The highest BCUT2D eigenvalue weighted by Crippen LogP contribution is 2.30. The average molecular weight is 290 g/mol. The third-order valence-corrected chi connectivity index (χ3v) is 3.20. The van der Waals surface area contributed by atoms with E-state index in [4.69, 9.17) is 15.2 Å². The Bertz CT molecular complexity index is 595. The number of nitrogens with two attached hydrogens (primary N) is 1. The molecule has 0 saturated heterocycles. The van der Waals surface area contributed by atoms with E-state index in [1.807, 2.05) is 18.2 Å². The van der Waals surface area contributed by atoms with Crippen molar-refractivity contribution in [2.75, 3.05) is 14.2 Å². The fourth-order valence-corrected chi connectivity index (χ4v) is 2.12. The number of hydrogen-bond donors (Lipinski definition) is 2. The van der Waals surface area contributed by atoms with Gasteiger partial charge in [-0.25, -0.2) is 4.98 Å². The van der Waals surface area contributed by atoms with Gasteiger partial charge in [0.25, 0.3) is 0 Å². The van der Waals surface area contributed by atoms with Gasteiger partial charge in [0.05, 0.1) is 20.3 Å². The second-order valence-electron chi connectivity index (χ2n) is 5.33. The van der Waals surface area contributed by atoms with Crippen molar-refractivity contribution < 1.29 is 9.47 Å². The lowest BCUT2D eigenvalue weighted by Gasteiger charge is -2.12. The maximum absolute atomic E-state index is 6.23. The average Bonchev–Trinajstić information content (AvgIpc) is 2.93. The van der Waals surface area contributed by atoms with E-state index in [0.717, 1.165) is 17.8 Å². The molecule has 114 valence electrons. The Balaban J connectivity index is 2.23. The number of hydrogen-bond acceptors (Lipinski definition) is 5. The first kappa shape index (κ1) is 15.3. The standard InChI is InChI=1S/C15H22N4O2/c1-9(2)7-13-17-15(19-18-13)14(16)10-5-6-11(20-3)12(8-10)21-4/h5-6,8-9,14H,7,16H2,1-4H3,(H,17,18,19)/t14-/m0/s1. The molecule has 0 amide bonds. The molecule has 0 unspecified atom stereocenters. The van der Waals surface area contributed by atoms with Gasteiger partial charge in [-0.1, -0.05) is 19.9 Å². The van der Waals surface area contributed by atoms with Gasteiger partial charge in [-0.15, -0.1) is 0 Å². The number of H-pyrrole nitrogens is 1. The summed E-state index contributed by atoms with van der Waals surface area (Å²) in [7, 11) is 3.20. The number of nitrogens with zero attached hydrogens (tertiary/aromatic N) is 2. The number of aromatic nitrogens is 3. The third-order valence-electron chi connectivity index (χ3n) is 3.20. The molecule has 1 aromatic heterocycles. The SMILES string of the molecule is COc1ccc([C@H](N)c2n[nH]c(CC(C)C)n2)cc1OC. The summed E-state index contributed by atoms with van der Waals surface area (Å²) in [6.45, 7) is 4.27. The maximum Gasteiger partial charge on any atom is 0.171 e. The molecule has 1 heterocycles. The second-order valence-corrected chi connectivity index (χ2v) is 5.33. The van der Waals surface area contributed by atoms with Crippen LogP contribution in [0.1, 0.15) is 37.1 Å². The normalized spacial score (nSPS) is 12.5. The van der Waals surface area contributed by atoms with Crippen LogP contribution in [0.5, 0.6) is 11.5 Å². The van der Waals surface area contributed by atoms with Crippen molar-refractivity contribution in [2.24, 2.45) is 11.7 Å². The van der Waals surface area contributed by atoms with Crippen molar-refractivity contribution in [3.8, 4) is 11.5 Å². The van der Waals surface area contributed by atoms with Gasteiger partial charge in [-0.2, -0.15) is 5.10 Å². The van der Waals surface area contributed by atoms with Crippen molar-refractivity contribution in [2.45, 2.75) is 26.3 Å². The molecule has 2 aromatic rings. The summed E-state index contributed by atoms with van der Waals surface area (Å²) in [5.74, 6) is 3.27. The van der Waals surface area contributed by atoms with Crippen molar-refractivity contribution in [3.05, 3.63) is 35.4 Å². The highest BCUT2D eigenvalue weighted by Gasteiger charge is 2.17. The van der Waals surface area contributed by atoms with Crippen LogP contribution in [0.15, 0.2) is 18.2 Å². The van der Waals surface area contributed by atoms with Gasteiger partial charge >= 0.3 is 0 Å². The maximum atomic E-state index is 6.23. The lowest BCUT2D eigenvalue weighted by molar-refractivity contribution is 0.354. The summed E-state index contributed by atoms with van der Waals surface area (Å²) in [6.07, 6.45) is 0.853. The van der Waals surface area contributed by atoms with Gasteiger partial charge in [0.1, 0.15) is 5.82 Å². The number of methoxy groups -OCH3 is 2. The Hall–Kier alpha value is -2.08. The Morgan fingerprint density at radius 3 is 2.52 bits per heavy atom. The van der Waals surface area contributed by atoms with Crippen LogP contribution in [0.2, 0.25) is 0 Å². The number of nitrogens with one attached hydrogen (secondary N) is 1. The summed E-state index contributed by atoms with van der Waals surface area (Å²) in [6, 6.07) is 5.17. The predicted molar refractivity (Wildman–Crippen MR) is 80.5 cm³/mol. The Morgan fingerprint density at radius 2 is 1.90 bits per heavy atom. The Labute approximate surface area is 124 Å². The summed E-state index contributed by atoms with van der Waals surface area (Å²) in [5.41, 5.74) is 7.11. The molecule has 0 aliphatic heterocycles. The van der Waals surface area contributed by atoms with Gasteiger partial charge in [-0.05, 0) is 23.6 Å². The Morgan fingerprint density at radius 1 is 1.19 bits per heavy atom. The van der Waals surface area contributed by atoms with Crippen LogP contribution >= 0.6 is 0 Å². The number of ether oxygens (including phenoxy) is 2.